The van der Waals surface area contributed by atoms with Gasteiger partial charge in [0.1, 0.15) is 0 Å². The zero-order valence-electron chi connectivity index (χ0n) is 7.50. The minimum absolute atomic E-state index is 0.0741. The normalized spacial score (nSPS) is 23.2. The Morgan fingerprint density at radius 2 is 2.42 bits per heavy atom. The van der Waals surface area contributed by atoms with Crippen LogP contribution in [0.25, 0.3) is 0 Å². The number of carbonyl (C=O) groups is 1. The summed E-state index contributed by atoms with van der Waals surface area (Å²) < 4.78 is 10.1. The van der Waals surface area contributed by atoms with Gasteiger partial charge in [0.05, 0.1) is 12.7 Å². The summed E-state index contributed by atoms with van der Waals surface area (Å²) in [6, 6.07) is 0. The van der Waals surface area contributed by atoms with Gasteiger partial charge < -0.3 is 9.47 Å². The standard InChI is InChI=1S/C9H14O3/c1-6(2)12-9(10)8-4-7(3)5-11-8/h6,8H,3-5H2,1-2H3/t8-/m1/s1. The van der Waals surface area contributed by atoms with Crippen molar-refractivity contribution in [3.8, 4) is 0 Å². The minimum Gasteiger partial charge on any atom is -0.461 e. The van der Waals surface area contributed by atoms with Gasteiger partial charge in [-0.1, -0.05) is 6.58 Å². The van der Waals surface area contributed by atoms with Crippen LogP contribution in [0.1, 0.15) is 20.3 Å². The molecule has 1 atom stereocenters. The van der Waals surface area contributed by atoms with E-state index < -0.39 is 6.10 Å². The lowest BCUT2D eigenvalue weighted by Gasteiger charge is -2.11. The zero-order valence-corrected chi connectivity index (χ0v) is 7.50. The Bertz CT molecular complexity index is 196. The average molecular weight is 170 g/mol. The summed E-state index contributed by atoms with van der Waals surface area (Å²) in [6.07, 6.45) is 0.112. The highest BCUT2D eigenvalue weighted by Gasteiger charge is 2.27. The first kappa shape index (κ1) is 9.26. The molecule has 3 nitrogen and oxygen atoms in total. The van der Waals surface area contributed by atoms with Gasteiger partial charge in [0.15, 0.2) is 6.10 Å². The van der Waals surface area contributed by atoms with Crippen LogP contribution in [-0.4, -0.2) is 24.8 Å². The molecular formula is C9H14O3. The molecule has 0 aromatic carbocycles. The van der Waals surface area contributed by atoms with Crippen LogP contribution in [0.5, 0.6) is 0 Å². The predicted molar refractivity (Wildman–Crippen MR) is 44.7 cm³/mol. The molecule has 1 aliphatic rings. The molecular weight excluding hydrogens is 156 g/mol. The van der Waals surface area contributed by atoms with E-state index in [9.17, 15) is 4.79 Å². The van der Waals surface area contributed by atoms with E-state index >= 15 is 0 Å². The second-order valence-corrected chi connectivity index (χ2v) is 3.24. The largest absolute Gasteiger partial charge is 0.461 e. The maximum absolute atomic E-state index is 11.2. The first-order valence-electron chi connectivity index (χ1n) is 4.08. The molecule has 3 heteroatoms. The summed E-state index contributed by atoms with van der Waals surface area (Å²) in [4.78, 5) is 11.2. The Morgan fingerprint density at radius 3 is 2.83 bits per heavy atom. The fourth-order valence-corrected chi connectivity index (χ4v) is 1.06. The summed E-state index contributed by atoms with van der Waals surface area (Å²) in [6.45, 7) is 7.86. The first-order valence-corrected chi connectivity index (χ1v) is 4.08. The fraction of sp³-hybridized carbons (Fsp3) is 0.667. The Morgan fingerprint density at radius 1 is 1.75 bits per heavy atom. The van der Waals surface area contributed by atoms with E-state index in [1.807, 2.05) is 13.8 Å². The maximum Gasteiger partial charge on any atom is 0.335 e. The third-order valence-electron chi connectivity index (χ3n) is 1.58. The Labute approximate surface area is 72.4 Å². The molecule has 0 aromatic heterocycles. The molecule has 1 heterocycles. The number of carbonyl (C=O) groups excluding carboxylic acids is 1. The smallest absolute Gasteiger partial charge is 0.335 e. The summed E-state index contributed by atoms with van der Waals surface area (Å²) in [5.41, 5.74) is 0.959. The van der Waals surface area contributed by atoms with Crippen LogP contribution >= 0.6 is 0 Å². The molecule has 0 spiro atoms. The second-order valence-electron chi connectivity index (χ2n) is 3.24. The van der Waals surface area contributed by atoms with Crippen LogP contribution in [0.15, 0.2) is 12.2 Å². The third kappa shape index (κ3) is 2.34. The van der Waals surface area contributed by atoms with E-state index in [0.717, 1.165) is 5.57 Å². The molecule has 12 heavy (non-hydrogen) atoms. The van der Waals surface area contributed by atoms with E-state index in [0.29, 0.717) is 13.0 Å². The molecule has 68 valence electrons. The Kier molecular flexibility index (Phi) is 2.87. The van der Waals surface area contributed by atoms with Crippen molar-refractivity contribution in [2.45, 2.75) is 32.5 Å². The molecule has 1 aliphatic heterocycles. The van der Waals surface area contributed by atoms with Crippen LogP contribution in [0.2, 0.25) is 0 Å². The first-order chi connectivity index (χ1) is 5.59. The van der Waals surface area contributed by atoms with E-state index in [-0.39, 0.29) is 12.1 Å². The van der Waals surface area contributed by atoms with Gasteiger partial charge in [-0.05, 0) is 19.4 Å². The number of hydrogen-bond donors (Lipinski definition) is 0. The lowest BCUT2D eigenvalue weighted by atomic mass is 10.2. The van der Waals surface area contributed by atoms with Gasteiger partial charge in [-0.15, -0.1) is 0 Å². The molecule has 0 aromatic rings. The summed E-state index contributed by atoms with van der Waals surface area (Å²) in [5, 5.41) is 0. The molecule has 1 rings (SSSR count). The van der Waals surface area contributed by atoms with Gasteiger partial charge in [-0.3, -0.25) is 0 Å². The van der Waals surface area contributed by atoms with Crippen LogP contribution in [0, 0.1) is 0 Å². The monoisotopic (exact) mass is 170 g/mol. The van der Waals surface area contributed by atoms with Crippen LogP contribution in [0.4, 0.5) is 0 Å². The highest BCUT2D eigenvalue weighted by molar-refractivity contribution is 5.75. The topological polar surface area (TPSA) is 35.5 Å². The van der Waals surface area contributed by atoms with E-state index in [1.54, 1.807) is 0 Å². The van der Waals surface area contributed by atoms with Crippen LogP contribution in [-0.2, 0) is 14.3 Å². The van der Waals surface area contributed by atoms with Gasteiger partial charge in [0.2, 0.25) is 0 Å². The number of ether oxygens (including phenoxy) is 2. The number of hydrogen-bond acceptors (Lipinski definition) is 3. The lowest BCUT2D eigenvalue weighted by Crippen LogP contribution is -2.24. The second kappa shape index (κ2) is 3.72. The van der Waals surface area contributed by atoms with Crippen LogP contribution < -0.4 is 0 Å². The molecule has 0 saturated carbocycles. The van der Waals surface area contributed by atoms with Gasteiger partial charge >= 0.3 is 5.97 Å². The van der Waals surface area contributed by atoms with Gasteiger partial charge in [0, 0.05) is 6.42 Å². The molecule has 0 unspecified atom stereocenters. The minimum atomic E-state index is -0.417. The lowest BCUT2D eigenvalue weighted by molar-refractivity contribution is -0.158. The van der Waals surface area contributed by atoms with Gasteiger partial charge in [-0.2, -0.15) is 0 Å². The molecule has 0 radical (unpaired) electrons. The molecule has 0 aliphatic carbocycles. The third-order valence-corrected chi connectivity index (χ3v) is 1.58. The summed E-state index contributed by atoms with van der Waals surface area (Å²) in [5.74, 6) is -0.274. The van der Waals surface area contributed by atoms with E-state index in [1.165, 1.54) is 0 Å². The summed E-state index contributed by atoms with van der Waals surface area (Å²) in [7, 11) is 0. The van der Waals surface area contributed by atoms with Crippen molar-refractivity contribution in [1.29, 1.82) is 0 Å². The van der Waals surface area contributed by atoms with Crippen molar-refractivity contribution in [3.63, 3.8) is 0 Å². The number of esters is 1. The van der Waals surface area contributed by atoms with Gasteiger partial charge in [0.25, 0.3) is 0 Å². The molecule has 0 N–H and O–H groups in total. The van der Waals surface area contributed by atoms with E-state index in [4.69, 9.17) is 9.47 Å². The number of rotatable bonds is 2. The zero-order chi connectivity index (χ0) is 9.14. The van der Waals surface area contributed by atoms with Gasteiger partial charge in [-0.25, -0.2) is 4.79 Å². The molecule has 1 saturated heterocycles. The van der Waals surface area contributed by atoms with Crippen molar-refractivity contribution in [2.75, 3.05) is 6.61 Å². The SMILES string of the molecule is C=C1CO[C@@H](C(=O)OC(C)C)C1. The van der Waals surface area contributed by atoms with E-state index in [2.05, 4.69) is 6.58 Å². The highest BCUT2D eigenvalue weighted by atomic mass is 16.6. The van der Waals surface area contributed by atoms with Crippen molar-refractivity contribution >= 4 is 5.97 Å². The average Bonchev–Trinajstić information content (AvgIpc) is 2.34. The summed E-state index contributed by atoms with van der Waals surface area (Å²) >= 11 is 0. The predicted octanol–water partition coefficient (Wildman–Crippen LogP) is 1.28. The molecule has 0 bridgehead atoms. The Hall–Kier alpha value is -0.830. The van der Waals surface area contributed by atoms with Crippen molar-refractivity contribution < 1.29 is 14.3 Å². The van der Waals surface area contributed by atoms with Crippen molar-refractivity contribution in [1.82, 2.24) is 0 Å². The fourth-order valence-electron chi connectivity index (χ4n) is 1.06. The Balaban J connectivity index is 2.38. The quantitative estimate of drug-likeness (QED) is 0.462. The van der Waals surface area contributed by atoms with Crippen molar-refractivity contribution in [3.05, 3.63) is 12.2 Å². The van der Waals surface area contributed by atoms with Crippen LogP contribution in [0.3, 0.4) is 0 Å². The van der Waals surface area contributed by atoms with Crippen molar-refractivity contribution in [2.24, 2.45) is 0 Å². The highest BCUT2D eigenvalue weighted by Crippen LogP contribution is 2.18. The molecule has 1 fully saturated rings. The maximum atomic E-state index is 11.2. The molecule has 0 amide bonds.